The lowest BCUT2D eigenvalue weighted by Crippen LogP contribution is -2.27. The Balaban J connectivity index is 2.01. The van der Waals surface area contributed by atoms with E-state index in [-0.39, 0.29) is 11.3 Å². The van der Waals surface area contributed by atoms with Crippen LogP contribution in [0.5, 0.6) is 0 Å². The van der Waals surface area contributed by atoms with Gasteiger partial charge in [-0.05, 0) is 17.9 Å². The van der Waals surface area contributed by atoms with Crippen LogP contribution in [0.3, 0.4) is 0 Å². The van der Waals surface area contributed by atoms with Gasteiger partial charge in [0.15, 0.2) is 0 Å². The number of aromatic nitrogens is 1. The fourth-order valence-corrected chi connectivity index (χ4v) is 2.23. The first-order valence-corrected chi connectivity index (χ1v) is 6.91. The largest absolute Gasteiger partial charge is 0.383 e. The van der Waals surface area contributed by atoms with Crippen molar-refractivity contribution in [3.05, 3.63) is 42.2 Å². The fourth-order valence-electron chi connectivity index (χ4n) is 1.99. The van der Waals surface area contributed by atoms with Gasteiger partial charge in [0.05, 0.1) is 12.0 Å². The number of pyridine rings is 1. The lowest BCUT2D eigenvalue weighted by molar-refractivity contribution is 0.0948. The molecule has 1 N–H and O–H groups in total. The molecule has 1 unspecified atom stereocenters. The Labute approximate surface area is 123 Å². The standard InChI is InChI=1S/C15H17ClN2O2/c1-20-10-12(16)7-9-18-15(19)14-13-5-3-2-4-11(13)6-8-17-14/h2-6,8,12H,7,9-10H2,1H3,(H,18,19). The van der Waals surface area contributed by atoms with E-state index in [0.29, 0.717) is 25.3 Å². The summed E-state index contributed by atoms with van der Waals surface area (Å²) in [5.41, 5.74) is 0.445. The molecule has 4 nitrogen and oxygen atoms in total. The minimum atomic E-state index is -0.178. The molecule has 1 heterocycles. The summed E-state index contributed by atoms with van der Waals surface area (Å²) in [6, 6.07) is 9.58. The fraction of sp³-hybridized carbons (Fsp3) is 0.333. The maximum atomic E-state index is 12.2. The number of rotatable bonds is 6. The third kappa shape index (κ3) is 3.68. The second kappa shape index (κ2) is 7.22. The number of hydrogen-bond acceptors (Lipinski definition) is 3. The molecule has 0 aliphatic carbocycles. The molecule has 0 saturated heterocycles. The quantitative estimate of drug-likeness (QED) is 0.833. The Morgan fingerprint density at radius 1 is 1.40 bits per heavy atom. The second-order valence-electron chi connectivity index (χ2n) is 4.48. The molecule has 106 valence electrons. The molecule has 0 bridgehead atoms. The minimum absolute atomic E-state index is 0.0965. The summed E-state index contributed by atoms with van der Waals surface area (Å²) in [6.45, 7) is 0.977. The van der Waals surface area contributed by atoms with E-state index in [1.807, 2.05) is 30.3 Å². The third-order valence-corrected chi connectivity index (χ3v) is 3.32. The van der Waals surface area contributed by atoms with Crippen LogP contribution in [-0.4, -0.2) is 36.5 Å². The van der Waals surface area contributed by atoms with Gasteiger partial charge < -0.3 is 10.1 Å². The molecule has 2 aromatic rings. The minimum Gasteiger partial charge on any atom is -0.383 e. The average molecular weight is 293 g/mol. The van der Waals surface area contributed by atoms with Crippen molar-refractivity contribution in [2.75, 3.05) is 20.3 Å². The van der Waals surface area contributed by atoms with Crippen LogP contribution in [0.2, 0.25) is 0 Å². The highest BCUT2D eigenvalue weighted by molar-refractivity contribution is 6.20. The summed E-state index contributed by atoms with van der Waals surface area (Å²) in [4.78, 5) is 16.3. The van der Waals surface area contributed by atoms with Crippen LogP contribution in [0.1, 0.15) is 16.9 Å². The van der Waals surface area contributed by atoms with E-state index >= 15 is 0 Å². The van der Waals surface area contributed by atoms with Gasteiger partial charge in [0.2, 0.25) is 0 Å². The topological polar surface area (TPSA) is 51.2 Å². The number of hydrogen-bond donors (Lipinski definition) is 1. The molecule has 0 radical (unpaired) electrons. The van der Waals surface area contributed by atoms with Crippen molar-refractivity contribution in [3.8, 4) is 0 Å². The van der Waals surface area contributed by atoms with Crippen LogP contribution in [0, 0.1) is 0 Å². The maximum Gasteiger partial charge on any atom is 0.270 e. The third-order valence-electron chi connectivity index (χ3n) is 2.98. The number of benzene rings is 1. The van der Waals surface area contributed by atoms with E-state index in [1.54, 1.807) is 13.3 Å². The average Bonchev–Trinajstić information content (AvgIpc) is 2.47. The first-order valence-electron chi connectivity index (χ1n) is 6.47. The highest BCUT2D eigenvalue weighted by atomic mass is 35.5. The Bertz CT molecular complexity index is 584. The molecule has 20 heavy (non-hydrogen) atoms. The van der Waals surface area contributed by atoms with Gasteiger partial charge in [0.25, 0.3) is 5.91 Å². The Kier molecular flexibility index (Phi) is 5.32. The van der Waals surface area contributed by atoms with Gasteiger partial charge in [-0.2, -0.15) is 0 Å². The van der Waals surface area contributed by atoms with Crippen LogP contribution in [0.15, 0.2) is 36.5 Å². The van der Waals surface area contributed by atoms with Gasteiger partial charge in [-0.1, -0.05) is 24.3 Å². The summed E-state index contributed by atoms with van der Waals surface area (Å²) in [5.74, 6) is -0.178. The van der Waals surface area contributed by atoms with Crippen LogP contribution in [-0.2, 0) is 4.74 Å². The highest BCUT2D eigenvalue weighted by Gasteiger charge is 2.11. The number of ether oxygens (including phenoxy) is 1. The zero-order chi connectivity index (χ0) is 14.4. The second-order valence-corrected chi connectivity index (χ2v) is 5.10. The predicted octanol–water partition coefficient (Wildman–Crippen LogP) is 2.61. The van der Waals surface area contributed by atoms with E-state index in [9.17, 15) is 4.79 Å². The number of halogens is 1. The first kappa shape index (κ1) is 14.8. The molecule has 1 aromatic heterocycles. The first-order chi connectivity index (χ1) is 9.72. The molecule has 0 spiro atoms. The molecule has 1 atom stereocenters. The number of nitrogens with zero attached hydrogens (tertiary/aromatic N) is 1. The molecule has 2 rings (SSSR count). The van der Waals surface area contributed by atoms with E-state index in [4.69, 9.17) is 16.3 Å². The summed E-state index contributed by atoms with van der Waals surface area (Å²) in [7, 11) is 1.61. The number of methoxy groups -OCH3 is 1. The van der Waals surface area contributed by atoms with Crippen LogP contribution in [0.25, 0.3) is 10.8 Å². The molecule has 5 heteroatoms. The van der Waals surface area contributed by atoms with E-state index in [2.05, 4.69) is 10.3 Å². The van der Waals surface area contributed by atoms with Crippen molar-refractivity contribution < 1.29 is 9.53 Å². The van der Waals surface area contributed by atoms with Gasteiger partial charge >= 0.3 is 0 Å². The van der Waals surface area contributed by atoms with Crippen molar-refractivity contribution in [3.63, 3.8) is 0 Å². The molecule has 0 aliphatic rings. The summed E-state index contributed by atoms with van der Waals surface area (Å²) >= 11 is 6.01. The van der Waals surface area contributed by atoms with Gasteiger partial charge in [0, 0.05) is 25.2 Å². The van der Waals surface area contributed by atoms with Crippen molar-refractivity contribution in [1.82, 2.24) is 10.3 Å². The molecule has 0 aliphatic heterocycles. The van der Waals surface area contributed by atoms with Crippen LogP contribution in [0.4, 0.5) is 0 Å². The van der Waals surface area contributed by atoms with Gasteiger partial charge in [-0.3, -0.25) is 9.78 Å². The SMILES string of the molecule is COCC(Cl)CCNC(=O)c1nccc2ccccc12. The van der Waals surface area contributed by atoms with Crippen molar-refractivity contribution >= 4 is 28.3 Å². The van der Waals surface area contributed by atoms with Gasteiger partial charge in [-0.15, -0.1) is 11.6 Å². The zero-order valence-corrected chi connectivity index (χ0v) is 12.1. The molecular weight excluding hydrogens is 276 g/mol. The normalized spacial score (nSPS) is 12.3. The molecule has 0 saturated carbocycles. The summed E-state index contributed by atoms with van der Waals surface area (Å²) < 4.78 is 4.95. The van der Waals surface area contributed by atoms with Crippen molar-refractivity contribution in [1.29, 1.82) is 0 Å². The number of amides is 1. The lowest BCUT2D eigenvalue weighted by Gasteiger charge is -2.10. The van der Waals surface area contributed by atoms with Gasteiger partial charge in [0.1, 0.15) is 5.69 Å². The van der Waals surface area contributed by atoms with Crippen molar-refractivity contribution in [2.24, 2.45) is 0 Å². The van der Waals surface area contributed by atoms with E-state index in [0.717, 1.165) is 10.8 Å². The number of fused-ring (bicyclic) bond motifs is 1. The molecular formula is C15H17ClN2O2. The monoisotopic (exact) mass is 292 g/mol. The van der Waals surface area contributed by atoms with Crippen molar-refractivity contribution in [2.45, 2.75) is 11.8 Å². The predicted molar refractivity (Wildman–Crippen MR) is 80.2 cm³/mol. The number of alkyl halides is 1. The molecule has 1 amide bonds. The Morgan fingerprint density at radius 2 is 2.20 bits per heavy atom. The number of carbonyl (C=O) groups is 1. The van der Waals surface area contributed by atoms with E-state index in [1.165, 1.54) is 0 Å². The van der Waals surface area contributed by atoms with E-state index < -0.39 is 0 Å². The Hall–Kier alpha value is -1.65. The molecule has 1 aromatic carbocycles. The highest BCUT2D eigenvalue weighted by Crippen LogP contribution is 2.16. The molecule has 0 fully saturated rings. The maximum absolute atomic E-state index is 12.2. The summed E-state index contributed by atoms with van der Waals surface area (Å²) in [5, 5.41) is 4.60. The smallest absolute Gasteiger partial charge is 0.270 e. The number of carbonyl (C=O) groups excluding carboxylic acids is 1. The van der Waals surface area contributed by atoms with Gasteiger partial charge in [-0.25, -0.2) is 0 Å². The van der Waals surface area contributed by atoms with Crippen LogP contribution >= 0.6 is 11.6 Å². The Morgan fingerprint density at radius 3 is 3.00 bits per heavy atom. The summed E-state index contributed by atoms with van der Waals surface area (Å²) in [6.07, 6.45) is 2.30. The van der Waals surface area contributed by atoms with Crippen LogP contribution < -0.4 is 5.32 Å². The lowest BCUT2D eigenvalue weighted by atomic mass is 10.1. The zero-order valence-electron chi connectivity index (χ0n) is 11.3. The number of nitrogens with one attached hydrogen (secondary N) is 1.